The molecule has 3 aromatic carbocycles. The van der Waals surface area contributed by atoms with Crippen LogP contribution < -0.4 is 4.74 Å². The van der Waals surface area contributed by atoms with Crippen molar-refractivity contribution in [1.29, 1.82) is 0 Å². The zero-order valence-electron chi connectivity index (χ0n) is 15.9. The molecule has 154 valence electrons. The zero-order valence-corrected chi connectivity index (χ0v) is 17.4. The molecule has 3 rings (SSSR count). The van der Waals surface area contributed by atoms with Crippen molar-refractivity contribution in [3.05, 3.63) is 99.3 Å². The number of nitrogens with zero attached hydrogens (tertiary/aromatic N) is 1. The molecule has 7 heteroatoms. The van der Waals surface area contributed by atoms with Crippen LogP contribution in [0.4, 0.5) is 4.39 Å². The highest BCUT2D eigenvalue weighted by atomic mass is 35.5. The number of Topliss-reactive ketones (excluding diaryl/α,β-unsaturated/α-hetero) is 1. The van der Waals surface area contributed by atoms with E-state index in [-0.39, 0.29) is 31.2 Å². The van der Waals surface area contributed by atoms with Gasteiger partial charge in [0.15, 0.2) is 5.78 Å². The molecule has 0 bridgehead atoms. The maximum atomic E-state index is 13.0. The van der Waals surface area contributed by atoms with Crippen molar-refractivity contribution in [2.24, 2.45) is 5.16 Å². The molecule has 3 aromatic rings. The maximum Gasteiger partial charge on any atom is 0.172 e. The second-order valence-electron chi connectivity index (χ2n) is 6.34. The van der Waals surface area contributed by atoms with Gasteiger partial charge in [-0.05, 0) is 42.0 Å². The highest BCUT2D eigenvalue weighted by Gasteiger charge is 2.11. The molecule has 0 aliphatic rings. The number of ether oxygens (including phenoxy) is 1. The predicted octanol–water partition coefficient (Wildman–Crippen LogP) is 6.49. The van der Waals surface area contributed by atoms with E-state index in [0.29, 0.717) is 21.4 Å². The minimum absolute atomic E-state index is 0.0469. The molecule has 0 spiro atoms. The molecular formula is C23H18Cl2FNO3. The van der Waals surface area contributed by atoms with Crippen molar-refractivity contribution in [3.63, 3.8) is 0 Å². The fourth-order valence-electron chi connectivity index (χ4n) is 2.59. The monoisotopic (exact) mass is 445 g/mol. The van der Waals surface area contributed by atoms with Gasteiger partial charge in [-0.15, -0.1) is 0 Å². The van der Waals surface area contributed by atoms with Crippen LogP contribution in [0.25, 0.3) is 0 Å². The first-order chi connectivity index (χ1) is 14.5. The lowest BCUT2D eigenvalue weighted by Crippen LogP contribution is -2.05. The molecule has 0 aliphatic carbocycles. The number of hydrogen-bond donors (Lipinski definition) is 0. The Bertz CT molecular complexity index is 1040. The number of para-hydroxylation sites is 1. The standard InChI is InChI=1S/C23H18Cl2FNO3/c24-18-8-7-17(21(25)13-18)15-30-27-12-11-22(28)20-3-1-2-4-23(20)29-14-16-5-9-19(26)10-6-16/h1-10,12-13H,11,14-15H2/b27-12-. The van der Waals surface area contributed by atoms with Gasteiger partial charge in [0.25, 0.3) is 0 Å². The molecule has 0 radical (unpaired) electrons. The summed E-state index contributed by atoms with van der Waals surface area (Å²) in [5.41, 5.74) is 1.98. The normalized spacial score (nSPS) is 10.9. The number of hydrogen-bond acceptors (Lipinski definition) is 4. The van der Waals surface area contributed by atoms with Crippen molar-refractivity contribution in [2.45, 2.75) is 19.6 Å². The van der Waals surface area contributed by atoms with E-state index in [1.807, 2.05) is 0 Å². The molecule has 4 nitrogen and oxygen atoms in total. The molecule has 0 atom stereocenters. The van der Waals surface area contributed by atoms with Crippen LogP contribution >= 0.6 is 23.2 Å². The Morgan fingerprint density at radius 1 is 1.00 bits per heavy atom. The van der Waals surface area contributed by atoms with Crippen LogP contribution in [0.15, 0.2) is 71.9 Å². The van der Waals surface area contributed by atoms with Crippen molar-refractivity contribution < 1.29 is 18.8 Å². The van der Waals surface area contributed by atoms with E-state index in [1.54, 1.807) is 54.6 Å². The number of carbonyl (C=O) groups excluding carboxylic acids is 1. The van der Waals surface area contributed by atoms with Gasteiger partial charge in [0.1, 0.15) is 24.8 Å². The minimum atomic E-state index is -0.311. The number of oxime groups is 1. The van der Waals surface area contributed by atoms with Gasteiger partial charge in [0.2, 0.25) is 0 Å². The molecule has 0 N–H and O–H groups in total. The summed E-state index contributed by atoms with van der Waals surface area (Å²) in [6.45, 7) is 0.391. The highest BCUT2D eigenvalue weighted by molar-refractivity contribution is 6.35. The first-order valence-corrected chi connectivity index (χ1v) is 9.85. The zero-order chi connectivity index (χ0) is 21.3. The van der Waals surface area contributed by atoms with Crippen LogP contribution in [0.5, 0.6) is 5.75 Å². The Kier molecular flexibility index (Phi) is 7.82. The number of rotatable bonds is 9. The molecule has 0 aliphatic heterocycles. The van der Waals surface area contributed by atoms with Crippen molar-refractivity contribution in [1.82, 2.24) is 0 Å². The fourth-order valence-corrected chi connectivity index (χ4v) is 3.06. The summed E-state index contributed by atoms with van der Waals surface area (Å²) < 4.78 is 18.8. The minimum Gasteiger partial charge on any atom is -0.488 e. The SMILES string of the molecule is O=C(C/C=N\OCc1ccc(Cl)cc1Cl)c1ccccc1OCc1ccc(F)cc1. The van der Waals surface area contributed by atoms with Gasteiger partial charge in [-0.25, -0.2) is 4.39 Å². The largest absolute Gasteiger partial charge is 0.488 e. The third kappa shape index (κ3) is 6.31. The summed E-state index contributed by atoms with van der Waals surface area (Å²) in [5.74, 6) is -0.0233. The third-order valence-corrected chi connectivity index (χ3v) is 4.74. The van der Waals surface area contributed by atoms with Crippen molar-refractivity contribution in [3.8, 4) is 5.75 Å². The van der Waals surface area contributed by atoms with E-state index in [0.717, 1.165) is 11.1 Å². The second kappa shape index (κ2) is 10.8. The lowest BCUT2D eigenvalue weighted by molar-refractivity contribution is 0.0992. The van der Waals surface area contributed by atoms with E-state index < -0.39 is 0 Å². The molecule has 0 unspecified atom stereocenters. The van der Waals surface area contributed by atoms with Crippen LogP contribution in [0, 0.1) is 5.82 Å². The lowest BCUT2D eigenvalue weighted by Gasteiger charge is -2.10. The van der Waals surface area contributed by atoms with E-state index >= 15 is 0 Å². The fraction of sp³-hybridized carbons (Fsp3) is 0.130. The third-order valence-electron chi connectivity index (χ3n) is 4.16. The molecular weight excluding hydrogens is 428 g/mol. The quantitative estimate of drug-likeness (QED) is 0.215. The average molecular weight is 446 g/mol. The smallest absolute Gasteiger partial charge is 0.172 e. The summed E-state index contributed by atoms with van der Waals surface area (Å²) in [6.07, 6.45) is 1.44. The number of halogens is 3. The van der Waals surface area contributed by atoms with Gasteiger partial charge < -0.3 is 9.57 Å². The first kappa shape index (κ1) is 21.8. The summed E-state index contributed by atoms with van der Waals surface area (Å²) in [5, 5.41) is 4.84. The first-order valence-electron chi connectivity index (χ1n) is 9.10. The Morgan fingerprint density at radius 2 is 1.77 bits per heavy atom. The Hall–Kier alpha value is -2.89. The van der Waals surface area contributed by atoms with Crippen molar-refractivity contribution >= 4 is 35.2 Å². The van der Waals surface area contributed by atoms with E-state index in [4.69, 9.17) is 32.8 Å². The average Bonchev–Trinajstić information content (AvgIpc) is 2.74. The topological polar surface area (TPSA) is 47.9 Å². The van der Waals surface area contributed by atoms with E-state index in [2.05, 4.69) is 5.16 Å². The summed E-state index contributed by atoms with van der Waals surface area (Å²) >= 11 is 11.9. The summed E-state index contributed by atoms with van der Waals surface area (Å²) in [7, 11) is 0. The molecule has 0 saturated carbocycles. The van der Waals surface area contributed by atoms with Crippen LogP contribution in [-0.2, 0) is 18.1 Å². The van der Waals surface area contributed by atoms with E-state index in [1.165, 1.54) is 18.3 Å². The summed E-state index contributed by atoms with van der Waals surface area (Å²) in [4.78, 5) is 17.7. The number of benzene rings is 3. The van der Waals surface area contributed by atoms with Crippen LogP contribution in [-0.4, -0.2) is 12.0 Å². The molecule has 30 heavy (non-hydrogen) atoms. The Labute approximate surface area is 183 Å². The predicted molar refractivity (Wildman–Crippen MR) is 116 cm³/mol. The van der Waals surface area contributed by atoms with Gasteiger partial charge in [0.05, 0.1) is 11.8 Å². The van der Waals surface area contributed by atoms with Gasteiger partial charge in [-0.3, -0.25) is 4.79 Å². The molecule has 0 amide bonds. The Morgan fingerprint density at radius 3 is 2.53 bits per heavy atom. The van der Waals surface area contributed by atoms with Crippen LogP contribution in [0.2, 0.25) is 10.0 Å². The van der Waals surface area contributed by atoms with Crippen molar-refractivity contribution in [2.75, 3.05) is 0 Å². The number of carbonyl (C=O) groups is 1. The maximum absolute atomic E-state index is 13.0. The highest BCUT2D eigenvalue weighted by Crippen LogP contribution is 2.22. The van der Waals surface area contributed by atoms with Gasteiger partial charge in [-0.2, -0.15) is 0 Å². The summed E-state index contributed by atoms with van der Waals surface area (Å²) in [6, 6.07) is 18.0. The molecule has 0 aromatic heterocycles. The Balaban J connectivity index is 1.53. The van der Waals surface area contributed by atoms with Gasteiger partial charge in [-0.1, -0.05) is 58.7 Å². The molecule has 0 fully saturated rings. The lowest BCUT2D eigenvalue weighted by atomic mass is 10.1. The van der Waals surface area contributed by atoms with Gasteiger partial charge in [0, 0.05) is 22.0 Å². The second-order valence-corrected chi connectivity index (χ2v) is 7.18. The molecule has 0 saturated heterocycles. The van der Waals surface area contributed by atoms with Crippen LogP contribution in [0.3, 0.4) is 0 Å². The molecule has 0 heterocycles. The number of ketones is 1. The van der Waals surface area contributed by atoms with Crippen LogP contribution in [0.1, 0.15) is 27.9 Å². The van der Waals surface area contributed by atoms with E-state index in [9.17, 15) is 9.18 Å². The van der Waals surface area contributed by atoms with Gasteiger partial charge >= 0.3 is 0 Å².